The number of ether oxygens (including phenoxy) is 1. The van der Waals surface area contributed by atoms with E-state index in [0.717, 1.165) is 25.8 Å². The van der Waals surface area contributed by atoms with E-state index >= 15 is 0 Å². The Kier molecular flexibility index (Phi) is 3.35. The number of esters is 1. The molecular weight excluding hydrogens is 278 g/mol. The fourth-order valence-electron chi connectivity index (χ4n) is 4.96. The third-order valence-electron chi connectivity index (χ3n) is 5.90. The van der Waals surface area contributed by atoms with E-state index in [4.69, 9.17) is 4.74 Å². The summed E-state index contributed by atoms with van der Waals surface area (Å²) < 4.78 is 5.23. The second-order valence-corrected chi connectivity index (χ2v) is 7.11. The maximum Gasteiger partial charge on any atom is 0.302 e. The van der Waals surface area contributed by atoms with E-state index < -0.39 is 0 Å². The van der Waals surface area contributed by atoms with E-state index in [0.29, 0.717) is 30.1 Å². The molecule has 1 heterocycles. The third kappa shape index (κ3) is 2.11. The Morgan fingerprint density at radius 1 is 1.23 bits per heavy atom. The number of rotatable bonds is 3. The Morgan fingerprint density at radius 3 is 2.64 bits per heavy atom. The van der Waals surface area contributed by atoms with Gasteiger partial charge in [-0.05, 0) is 37.5 Å². The molecule has 1 saturated carbocycles. The normalized spacial score (nSPS) is 39.1. The van der Waals surface area contributed by atoms with Crippen LogP contribution in [0.1, 0.15) is 32.6 Å². The molecule has 0 unspecified atom stereocenters. The predicted molar refractivity (Wildman–Crippen MR) is 81.8 cm³/mol. The third-order valence-corrected chi connectivity index (χ3v) is 5.90. The number of carbonyl (C=O) groups excluding carboxylic acids is 2. The van der Waals surface area contributed by atoms with Crippen LogP contribution in [0.3, 0.4) is 0 Å². The van der Waals surface area contributed by atoms with Crippen LogP contribution in [-0.2, 0) is 14.3 Å². The first-order valence-electron chi connectivity index (χ1n) is 8.49. The van der Waals surface area contributed by atoms with Gasteiger partial charge in [-0.25, -0.2) is 0 Å². The first-order valence-corrected chi connectivity index (χ1v) is 8.49. The SMILES string of the molecule is CC(=O)OC[C@@H]1CCCN1C1=CC(=O)[C@H]2[C@@H]1[C@H]1C=C[C@@H]2CC1. The molecule has 118 valence electrons. The molecule has 1 saturated heterocycles. The zero-order valence-corrected chi connectivity index (χ0v) is 13.0. The summed E-state index contributed by atoms with van der Waals surface area (Å²) in [4.78, 5) is 26.0. The number of allylic oxidation sites excluding steroid dienone is 4. The molecule has 0 N–H and O–H groups in total. The van der Waals surface area contributed by atoms with Crippen LogP contribution < -0.4 is 0 Å². The summed E-state index contributed by atoms with van der Waals surface area (Å²) >= 11 is 0. The Balaban J connectivity index is 1.57. The first kappa shape index (κ1) is 14.0. The van der Waals surface area contributed by atoms with Gasteiger partial charge in [0.1, 0.15) is 6.61 Å². The number of carbonyl (C=O) groups is 2. The van der Waals surface area contributed by atoms with Gasteiger partial charge >= 0.3 is 5.97 Å². The van der Waals surface area contributed by atoms with Crippen molar-refractivity contribution in [3.63, 3.8) is 0 Å². The molecule has 2 fully saturated rings. The molecule has 0 aromatic rings. The van der Waals surface area contributed by atoms with Gasteiger partial charge in [0.25, 0.3) is 0 Å². The van der Waals surface area contributed by atoms with Crippen LogP contribution in [0, 0.1) is 23.7 Å². The molecule has 0 aromatic carbocycles. The molecule has 2 bridgehead atoms. The maximum atomic E-state index is 12.5. The summed E-state index contributed by atoms with van der Waals surface area (Å²) in [5, 5.41) is 0. The number of hydrogen-bond acceptors (Lipinski definition) is 4. The number of hydrogen-bond donors (Lipinski definition) is 0. The molecule has 4 aliphatic carbocycles. The van der Waals surface area contributed by atoms with Crippen molar-refractivity contribution in [1.29, 1.82) is 0 Å². The van der Waals surface area contributed by atoms with Gasteiger partial charge in [0.05, 0.1) is 6.04 Å². The Labute approximate surface area is 131 Å². The summed E-state index contributed by atoms with van der Waals surface area (Å²) in [5.74, 6) is 1.59. The predicted octanol–water partition coefficient (Wildman–Crippen LogP) is 2.31. The minimum Gasteiger partial charge on any atom is -0.464 e. The molecule has 5 atom stereocenters. The highest BCUT2D eigenvalue weighted by molar-refractivity contribution is 5.96. The van der Waals surface area contributed by atoms with Crippen LogP contribution in [0.5, 0.6) is 0 Å². The molecule has 0 spiro atoms. The highest BCUT2D eigenvalue weighted by Gasteiger charge is 2.51. The molecule has 0 amide bonds. The lowest BCUT2D eigenvalue weighted by Gasteiger charge is -2.44. The monoisotopic (exact) mass is 301 g/mol. The number of likely N-dealkylation sites (tertiary alicyclic amines) is 1. The molecule has 22 heavy (non-hydrogen) atoms. The number of fused-ring (bicyclic) bond motifs is 1. The highest BCUT2D eigenvalue weighted by atomic mass is 16.5. The minimum absolute atomic E-state index is 0.175. The lowest BCUT2D eigenvalue weighted by atomic mass is 9.62. The molecule has 1 aliphatic heterocycles. The smallest absolute Gasteiger partial charge is 0.302 e. The zero-order valence-electron chi connectivity index (χ0n) is 13.0. The van der Waals surface area contributed by atoms with Gasteiger partial charge in [0.2, 0.25) is 0 Å². The van der Waals surface area contributed by atoms with Crippen LogP contribution in [0.25, 0.3) is 0 Å². The van der Waals surface area contributed by atoms with Gasteiger partial charge < -0.3 is 9.64 Å². The second kappa shape index (κ2) is 5.25. The van der Waals surface area contributed by atoms with E-state index in [-0.39, 0.29) is 17.9 Å². The number of ketones is 1. The first-order chi connectivity index (χ1) is 10.6. The van der Waals surface area contributed by atoms with E-state index in [1.54, 1.807) is 0 Å². The zero-order chi connectivity index (χ0) is 15.3. The average Bonchev–Trinajstić information content (AvgIpc) is 3.12. The quantitative estimate of drug-likeness (QED) is 0.593. The molecule has 0 aromatic heterocycles. The summed E-state index contributed by atoms with van der Waals surface area (Å²) in [5.41, 5.74) is 1.23. The van der Waals surface area contributed by atoms with Crippen LogP contribution in [0.2, 0.25) is 0 Å². The molecular formula is C18H23NO3. The van der Waals surface area contributed by atoms with Crippen molar-refractivity contribution in [2.45, 2.75) is 38.6 Å². The Bertz CT molecular complexity index is 565. The van der Waals surface area contributed by atoms with Gasteiger partial charge in [0.15, 0.2) is 5.78 Å². The fourth-order valence-corrected chi connectivity index (χ4v) is 4.96. The van der Waals surface area contributed by atoms with Gasteiger partial charge in [-0.2, -0.15) is 0 Å². The van der Waals surface area contributed by atoms with Gasteiger partial charge in [0, 0.05) is 37.1 Å². The van der Waals surface area contributed by atoms with E-state index in [2.05, 4.69) is 17.1 Å². The van der Waals surface area contributed by atoms with Crippen molar-refractivity contribution < 1.29 is 14.3 Å². The maximum absolute atomic E-state index is 12.5. The standard InChI is InChI=1S/C18H23NO3/c1-11(20)22-10-14-3-2-8-19(14)15-9-16(21)18-13-6-4-12(5-7-13)17(15)18/h4,6,9,12-14,17-18H,2-3,5,7-8,10H2,1H3/t12-,13+,14-,17+,18-/m0/s1. The van der Waals surface area contributed by atoms with Gasteiger partial charge in [-0.15, -0.1) is 0 Å². The summed E-state index contributed by atoms with van der Waals surface area (Å²) in [6, 6.07) is 0.242. The molecule has 0 radical (unpaired) electrons. The van der Waals surface area contributed by atoms with Crippen molar-refractivity contribution in [2.75, 3.05) is 13.2 Å². The van der Waals surface area contributed by atoms with Crippen LogP contribution >= 0.6 is 0 Å². The van der Waals surface area contributed by atoms with Crippen molar-refractivity contribution in [1.82, 2.24) is 4.90 Å². The molecule has 4 heteroatoms. The lowest BCUT2D eigenvalue weighted by molar-refractivity contribution is -0.142. The van der Waals surface area contributed by atoms with Crippen LogP contribution in [0.15, 0.2) is 23.9 Å². The molecule has 5 aliphatic rings. The van der Waals surface area contributed by atoms with Gasteiger partial charge in [-0.1, -0.05) is 12.2 Å². The van der Waals surface area contributed by atoms with E-state index in [9.17, 15) is 9.59 Å². The molecule has 5 rings (SSSR count). The van der Waals surface area contributed by atoms with E-state index in [1.165, 1.54) is 19.0 Å². The minimum atomic E-state index is -0.221. The van der Waals surface area contributed by atoms with Crippen molar-refractivity contribution in [2.24, 2.45) is 23.7 Å². The van der Waals surface area contributed by atoms with Crippen molar-refractivity contribution >= 4 is 11.8 Å². The van der Waals surface area contributed by atoms with Crippen molar-refractivity contribution in [3.05, 3.63) is 23.9 Å². The Hall–Kier alpha value is -1.58. The summed E-state index contributed by atoms with van der Waals surface area (Å²) in [6.07, 6.45) is 11.0. The highest BCUT2D eigenvalue weighted by Crippen LogP contribution is 2.52. The van der Waals surface area contributed by atoms with Crippen molar-refractivity contribution in [3.8, 4) is 0 Å². The largest absolute Gasteiger partial charge is 0.464 e. The van der Waals surface area contributed by atoms with E-state index in [1.807, 2.05) is 6.08 Å². The van der Waals surface area contributed by atoms with Gasteiger partial charge in [-0.3, -0.25) is 9.59 Å². The van der Waals surface area contributed by atoms with Crippen LogP contribution in [-0.4, -0.2) is 35.8 Å². The average molecular weight is 301 g/mol. The fraction of sp³-hybridized carbons (Fsp3) is 0.667. The summed E-state index contributed by atoms with van der Waals surface area (Å²) in [7, 11) is 0. The number of nitrogens with zero attached hydrogens (tertiary/aromatic N) is 1. The molecule has 4 nitrogen and oxygen atoms in total. The van der Waals surface area contributed by atoms with Crippen LogP contribution in [0.4, 0.5) is 0 Å². The summed E-state index contributed by atoms with van der Waals surface area (Å²) in [6.45, 7) is 2.89. The lowest BCUT2D eigenvalue weighted by Crippen LogP contribution is -2.42. The topological polar surface area (TPSA) is 46.6 Å². The second-order valence-electron chi connectivity index (χ2n) is 7.11. The Morgan fingerprint density at radius 2 is 1.95 bits per heavy atom.